The molecule has 8 heteroatoms. The van der Waals surface area contributed by atoms with Crippen LogP contribution < -0.4 is 5.32 Å². The largest absolute Gasteiger partial charge is 0.507 e. The third-order valence-electron chi connectivity index (χ3n) is 2.72. The van der Waals surface area contributed by atoms with Gasteiger partial charge < -0.3 is 10.4 Å². The number of hydrogen-bond donors (Lipinski definition) is 2. The number of halogens is 4. The lowest BCUT2D eigenvalue weighted by atomic mass is 10.1. The number of nitrogens with one attached hydrogen (secondary N) is 1. The van der Waals surface area contributed by atoms with Crippen LogP contribution in [0.5, 0.6) is 5.75 Å². The molecule has 0 aliphatic rings. The maximum atomic E-state index is 12.7. The summed E-state index contributed by atoms with van der Waals surface area (Å²) >= 11 is 5.66. The molecule has 1 aromatic carbocycles. The summed E-state index contributed by atoms with van der Waals surface area (Å²) in [7, 11) is 0. The number of hydrogen-bond acceptors (Lipinski definition) is 3. The second kappa shape index (κ2) is 6.23. The van der Waals surface area contributed by atoms with Crippen LogP contribution in [-0.2, 0) is 17.4 Å². The molecule has 0 unspecified atom stereocenters. The van der Waals surface area contributed by atoms with Gasteiger partial charge in [-0.1, -0.05) is 11.6 Å². The summed E-state index contributed by atoms with van der Waals surface area (Å²) in [4.78, 5) is 15.7. The Kier molecular flexibility index (Phi) is 4.56. The van der Waals surface area contributed by atoms with Gasteiger partial charge in [0.25, 0.3) is 0 Å². The first-order valence-corrected chi connectivity index (χ1v) is 6.44. The molecule has 0 bridgehead atoms. The fraction of sp³-hybridized carbons (Fsp3) is 0.143. The van der Waals surface area contributed by atoms with E-state index in [1.165, 1.54) is 12.3 Å². The van der Waals surface area contributed by atoms with E-state index in [2.05, 4.69) is 10.3 Å². The van der Waals surface area contributed by atoms with E-state index in [0.29, 0.717) is 16.8 Å². The molecule has 0 saturated carbocycles. The number of carbonyl (C=O) groups is 1. The highest BCUT2D eigenvalue weighted by Gasteiger charge is 2.34. The maximum Gasteiger partial charge on any atom is 0.420 e. The van der Waals surface area contributed by atoms with Gasteiger partial charge in [0.15, 0.2) is 0 Å². The van der Waals surface area contributed by atoms with Gasteiger partial charge in [0.05, 0.1) is 17.0 Å². The lowest BCUT2D eigenvalue weighted by Gasteiger charge is -2.11. The minimum Gasteiger partial charge on any atom is -0.507 e. The van der Waals surface area contributed by atoms with Gasteiger partial charge >= 0.3 is 6.18 Å². The third-order valence-corrected chi connectivity index (χ3v) is 2.94. The second-order valence-electron chi connectivity index (χ2n) is 4.42. The van der Waals surface area contributed by atoms with Crippen molar-refractivity contribution in [2.24, 2.45) is 0 Å². The first-order chi connectivity index (χ1) is 10.3. The van der Waals surface area contributed by atoms with Gasteiger partial charge in [-0.15, -0.1) is 0 Å². The fourth-order valence-corrected chi connectivity index (χ4v) is 1.83. The van der Waals surface area contributed by atoms with Crippen LogP contribution >= 0.6 is 11.6 Å². The average molecular weight is 331 g/mol. The van der Waals surface area contributed by atoms with Gasteiger partial charge in [0.2, 0.25) is 5.91 Å². The Morgan fingerprint density at radius 3 is 2.59 bits per heavy atom. The van der Waals surface area contributed by atoms with Gasteiger partial charge in [-0.2, -0.15) is 13.2 Å². The van der Waals surface area contributed by atoms with Crippen LogP contribution in [0.1, 0.15) is 11.3 Å². The summed E-state index contributed by atoms with van der Waals surface area (Å²) < 4.78 is 38.0. The predicted octanol–water partition coefficient (Wildman–Crippen LogP) is 3.64. The molecule has 0 saturated heterocycles. The van der Waals surface area contributed by atoms with Crippen LogP contribution in [0.25, 0.3) is 0 Å². The number of anilines is 1. The highest BCUT2D eigenvalue weighted by molar-refractivity contribution is 6.30. The van der Waals surface area contributed by atoms with Crippen molar-refractivity contribution in [3.05, 3.63) is 52.8 Å². The molecule has 0 aliphatic carbocycles. The van der Waals surface area contributed by atoms with Crippen molar-refractivity contribution in [2.45, 2.75) is 12.6 Å². The summed E-state index contributed by atoms with van der Waals surface area (Å²) in [5.41, 5.74) is -0.851. The molecule has 0 spiro atoms. The van der Waals surface area contributed by atoms with Crippen LogP contribution in [-0.4, -0.2) is 16.0 Å². The highest BCUT2D eigenvalue weighted by atomic mass is 35.5. The van der Waals surface area contributed by atoms with Gasteiger partial charge in [0.1, 0.15) is 5.75 Å². The third kappa shape index (κ3) is 4.11. The van der Waals surface area contributed by atoms with Crippen molar-refractivity contribution in [2.75, 3.05) is 5.32 Å². The molecule has 2 rings (SSSR count). The zero-order valence-corrected chi connectivity index (χ0v) is 11.7. The smallest absolute Gasteiger partial charge is 0.420 e. The van der Waals surface area contributed by atoms with E-state index in [9.17, 15) is 23.1 Å². The van der Waals surface area contributed by atoms with Gasteiger partial charge in [-0.3, -0.25) is 9.78 Å². The summed E-state index contributed by atoms with van der Waals surface area (Å²) in [6.07, 6.45) is -3.45. The van der Waals surface area contributed by atoms with E-state index in [0.717, 1.165) is 6.07 Å². The molecule has 1 aromatic heterocycles. The van der Waals surface area contributed by atoms with E-state index in [1.54, 1.807) is 12.1 Å². The molecule has 0 atom stereocenters. The van der Waals surface area contributed by atoms with Crippen molar-refractivity contribution in [3.63, 3.8) is 0 Å². The zero-order valence-electron chi connectivity index (χ0n) is 11.0. The van der Waals surface area contributed by atoms with Crippen LogP contribution in [0.3, 0.4) is 0 Å². The molecule has 116 valence electrons. The maximum absolute atomic E-state index is 12.7. The Morgan fingerprint density at radius 1 is 1.27 bits per heavy atom. The standard InChI is InChI=1S/C14H10ClF3N2O2/c15-8-1-2-9(19-7-8)6-13(22)20-10-3-4-12(21)11(5-10)14(16,17)18/h1-5,7,21H,6H2,(H,20,22). The van der Waals surface area contributed by atoms with E-state index in [1.807, 2.05) is 0 Å². The SMILES string of the molecule is O=C(Cc1ccc(Cl)cn1)Nc1ccc(O)c(C(F)(F)F)c1. The van der Waals surface area contributed by atoms with Crippen molar-refractivity contribution < 1.29 is 23.1 Å². The molecule has 4 nitrogen and oxygen atoms in total. The van der Waals surface area contributed by atoms with Crippen LogP contribution in [0, 0.1) is 0 Å². The monoisotopic (exact) mass is 330 g/mol. The Balaban J connectivity index is 2.10. The molecular weight excluding hydrogens is 321 g/mol. The lowest BCUT2D eigenvalue weighted by molar-refractivity contribution is -0.138. The Bertz CT molecular complexity index is 687. The number of pyridine rings is 1. The number of phenols is 1. The van der Waals surface area contributed by atoms with Gasteiger partial charge in [-0.05, 0) is 30.3 Å². The van der Waals surface area contributed by atoms with Gasteiger partial charge in [-0.25, -0.2) is 0 Å². The minimum absolute atomic E-state index is 0.0657. The van der Waals surface area contributed by atoms with E-state index in [4.69, 9.17) is 11.6 Å². The quantitative estimate of drug-likeness (QED) is 0.845. The van der Waals surface area contributed by atoms with Crippen molar-refractivity contribution in [1.29, 1.82) is 0 Å². The molecule has 2 aromatic rings. The second-order valence-corrected chi connectivity index (χ2v) is 4.86. The molecule has 0 radical (unpaired) electrons. The Hall–Kier alpha value is -2.28. The molecule has 1 amide bonds. The molecular formula is C14H10ClF3N2O2. The van der Waals surface area contributed by atoms with E-state index in [-0.39, 0.29) is 12.1 Å². The van der Waals surface area contributed by atoms with Crippen LogP contribution in [0.15, 0.2) is 36.5 Å². The minimum atomic E-state index is -4.71. The normalized spacial score (nSPS) is 11.3. The average Bonchev–Trinajstić information content (AvgIpc) is 2.42. The van der Waals surface area contributed by atoms with Crippen LogP contribution in [0.4, 0.5) is 18.9 Å². The topological polar surface area (TPSA) is 62.2 Å². The molecule has 2 N–H and O–H groups in total. The summed E-state index contributed by atoms with van der Waals surface area (Å²) in [5.74, 6) is -1.43. The number of rotatable bonds is 3. The predicted molar refractivity (Wildman–Crippen MR) is 74.7 cm³/mol. The van der Waals surface area contributed by atoms with Crippen LogP contribution in [0.2, 0.25) is 5.02 Å². The highest BCUT2D eigenvalue weighted by Crippen LogP contribution is 2.37. The lowest BCUT2D eigenvalue weighted by Crippen LogP contribution is -2.16. The number of aromatic nitrogens is 1. The molecule has 1 heterocycles. The number of aromatic hydroxyl groups is 1. The fourth-order valence-electron chi connectivity index (χ4n) is 1.72. The number of phenolic OH excluding ortho intramolecular Hbond substituents is 1. The van der Waals surface area contributed by atoms with Crippen molar-refractivity contribution >= 4 is 23.2 Å². The zero-order chi connectivity index (χ0) is 16.3. The Morgan fingerprint density at radius 2 is 2.00 bits per heavy atom. The summed E-state index contributed by atoms with van der Waals surface area (Å²) in [5, 5.41) is 11.9. The summed E-state index contributed by atoms with van der Waals surface area (Å²) in [6.45, 7) is 0. The first-order valence-electron chi connectivity index (χ1n) is 6.06. The van der Waals surface area contributed by atoms with Gasteiger partial charge in [0, 0.05) is 17.6 Å². The molecule has 22 heavy (non-hydrogen) atoms. The number of benzene rings is 1. The molecule has 0 fully saturated rings. The number of alkyl halides is 3. The number of nitrogens with zero attached hydrogens (tertiary/aromatic N) is 1. The summed E-state index contributed by atoms with van der Waals surface area (Å²) in [6, 6.07) is 5.82. The number of amides is 1. The Labute approximate surface area is 128 Å². The van der Waals surface area contributed by atoms with Crippen molar-refractivity contribution in [3.8, 4) is 5.75 Å². The number of carbonyl (C=O) groups excluding carboxylic acids is 1. The first kappa shape index (κ1) is 16.1. The van der Waals surface area contributed by atoms with Crippen molar-refractivity contribution in [1.82, 2.24) is 4.98 Å². The van der Waals surface area contributed by atoms with E-state index >= 15 is 0 Å². The molecule has 0 aliphatic heterocycles. The van der Waals surface area contributed by atoms with E-state index < -0.39 is 23.4 Å².